The summed E-state index contributed by atoms with van der Waals surface area (Å²) in [6.45, 7) is 5.47. The van der Waals surface area contributed by atoms with Crippen LogP contribution in [0.25, 0.3) is 10.1 Å². The van der Waals surface area contributed by atoms with Gasteiger partial charge in [-0.15, -0.1) is 22.7 Å². The number of nitrogens with one attached hydrogen (secondary N) is 1. The number of hydrogen-bond acceptors (Lipinski definition) is 3. The first-order valence-electron chi connectivity index (χ1n) is 7.04. The summed E-state index contributed by atoms with van der Waals surface area (Å²) in [5.74, 6) is 0. The molecule has 3 aromatic rings. The fourth-order valence-corrected chi connectivity index (χ4v) is 4.52. The largest absolute Gasteiger partial charge is 0.306 e. The molecule has 0 aliphatic rings. The Morgan fingerprint density at radius 1 is 1.10 bits per heavy atom. The van der Waals surface area contributed by atoms with Gasteiger partial charge >= 0.3 is 0 Å². The van der Waals surface area contributed by atoms with Crippen molar-refractivity contribution in [1.29, 1.82) is 0 Å². The Hall–Kier alpha value is -1.16. The lowest BCUT2D eigenvalue weighted by molar-refractivity contribution is 0.607. The fraction of sp³-hybridized carbons (Fsp3) is 0.294. The van der Waals surface area contributed by atoms with E-state index in [1.165, 1.54) is 26.1 Å². The Balaban J connectivity index is 2.09. The Kier molecular flexibility index (Phi) is 4.20. The Morgan fingerprint density at radius 2 is 1.95 bits per heavy atom. The summed E-state index contributed by atoms with van der Waals surface area (Å²) in [7, 11) is 0. The van der Waals surface area contributed by atoms with Gasteiger partial charge in [0, 0.05) is 9.58 Å². The van der Waals surface area contributed by atoms with Crippen molar-refractivity contribution in [2.45, 2.75) is 26.3 Å². The molecular formula is C17H19NS2. The van der Waals surface area contributed by atoms with E-state index in [-0.39, 0.29) is 0 Å². The van der Waals surface area contributed by atoms with Crippen LogP contribution in [0, 0.1) is 6.92 Å². The first-order valence-corrected chi connectivity index (χ1v) is 8.80. The summed E-state index contributed by atoms with van der Waals surface area (Å²) in [6.07, 6.45) is 1.15. The van der Waals surface area contributed by atoms with Crippen molar-refractivity contribution < 1.29 is 0 Å². The number of rotatable bonds is 5. The minimum absolute atomic E-state index is 0.317. The molecule has 1 atom stereocenters. The number of hydrogen-bond donors (Lipinski definition) is 1. The molecule has 0 fully saturated rings. The van der Waals surface area contributed by atoms with Gasteiger partial charge < -0.3 is 5.32 Å². The highest BCUT2D eigenvalue weighted by atomic mass is 32.1. The highest BCUT2D eigenvalue weighted by Crippen LogP contribution is 2.35. The van der Waals surface area contributed by atoms with Crippen molar-refractivity contribution in [1.82, 2.24) is 5.32 Å². The molecule has 104 valence electrons. The van der Waals surface area contributed by atoms with E-state index in [2.05, 4.69) is 60.3 Å². The molecule has 0 bridgehead atoms. The molecule has 0 aliphatic carbocycles. The Labute approximate surface area is 128 Å². The molecule has 3 rings (SSSR count). The van der Waals surface area contributed by atoms with Gasteiger partial charge in [-0.1, -0.05) is 25.1 Å². The van der Waals surface area contributed by atoms with Gasteiger partial charge in [-0.05, 0) is 59.3 Å². The van der Waals surface area contributed by atoms with Crippen LogP contribution in [0.1, 0.15) is 35.4 Å². The smallest absolute Gasteiger partial charge is 0.0687 e. The van der Waals surface area contributed by atoms with E-state index in [4.69, 9.17) is 0 Å². The first-order chi connectivity index (χ1) is 9.81. The lowest BCUT2D eigenvalue weighted by Gasteiger charge is -2.19. The predicted molar refractivity (Wildman–Crippen MR) is 91.0 cm³/mol. The summed E-state index contributed by atoms with van der Waals surface area (Å²) in [5, 5.41) is 9.46. The maximum atomic E-state index is 3.73. The van der Waals surface area contributed by atoms with E-state index >= 15 is 0 Å². The van der Waals surface area contributed by atoms with Crippen LogP contribution >= 0.6 is 22.7 Å². The zero-order chi connectivity index (χ0) is 13.9. The van der Waals surface area contributed by atoms with Crippen LogP contribution in [0.3, 0.4) is 0 Å². The maximum Gasteiger partial charge on any atom is 0.0687 e. The fourth-order valence-electron chi connectivity index (χ4n) is 2.56. The molecule has 1 N–H and O–H groups in total. The molecule has 0 amide bonds. The van der Waals surface area contributed by atoms with Crippen LogP contribution in [0.15, 0.2) is 41.1 Å². The monoisotopic (exact) mass is 301 g/mol. The van der Waals surface area contributed by atoms with Crippen molar-refractivity contribution in [2.75, 3.05) is 6.54 Å². The minimum atomic E-state index is 0.317. The van der Waals surface area contributed by atoms with E-state index in [0.717, 1.165) is 13.0 Å². The highest BCUT2D eigenvalue weighted by Gasteiger charge is 2.19. The highest BCUT2D eigenvalue weighted by molar-refractivity contribution is 7.17. The SMILES string of the molecule is CCCNC(c1sccc1C)c1cccc2ccsc12. The van der Waals surface area contributed by atoms with Gasteiger partial charge in [0.15, 0.2) is 0 Å². The summed E-state index contributed by atoms with van der Waals surface area (Å²) in [6, 6.07) is 11.4. The standard InChI is InChI=1S/C17H19NS2/c1-3-9-18-15(16-12(2)7-10-19-16)14-6-4-5-13-8-11-20-17(13)14/h4-8,10-11,15,18H,3,9H2,1-2H3. The van der Waals surface area contributed by atoms with Crippen molar-refractivity contribution in [3.05, 3.63) is 57.1 Å². The third-order valence-electron chi connectivity index (χ3n) is 3.58. The van der Waals surface area contributed by atoms with Gasteiger partial charge in [0.05, 0.1) is 6.04 Å². The molecule has 1 aromatic carbocycles. The molecule has 1 nitrogen and oxygen atoms in total. The molecule has 20 heavy (non-hydrogen) atoms. The second-order valence-electron chi connectivity index (χ2n) is 5.04. The maximum absolute atomic E-state index is 3.73. The van der Waals surface area contributed by atoms with E-state index in [1.807, 2.05) is 22.7 Å². The van der Waals surface area contributed by atoms with E-state index in [9.17, 15) is 0 Å². The summed E-state index contributed by atoms with van der Waals surface area (Å²) < 4.78 is 1.41. The van der Waals surface area contributed by atoms with Crippen LogP contribution in [-0.2, 0) is 0 Å². The van der Waals surface area contributed by atoms with E-state index in [0.29, 0.717) is 6.04 Å². The third kappa shape index (κ3) is 2.53. The predicted octanol–water partition coefficient (Wildman–Crippen LogP) is 5.36. The van der Waals surface area contributed by atoms with Crippen molar-refractivity contribution in [3.8, 4) is 0 Å². The molecule has 3 heteroatoms. The lowest BCUT2D eigenvalue weighted by atomic mass is 10.0. The second kappa shape index (κ2) is 6.08. The normalized spacial score (nSPS) is 12.9. The van der Waals surface area contributed by atoms with Crippen molar-refractivity contribution >= 4 is 32.8 Å². The molecule has 1 unspecified atom stereocenters. The molecule has 0 radical (unpaired) electrons. The third-order valence-corrected chi connectivity index (χ3v) is 5.65. The van der Waals surface area contributed by atoms with Crippen LogP contribution in [-0.4, -0.2) is 6.54 Å². The number of aryl methyl sites for hydroxylation is 1. The minimum Gasteiger partial charge on any atom is -0.306 e. The second-order valence-corrected chi connectivity index (χ2v) is 6.91. The van der Waals surface area contributed by atoms with Crippen molar-refractivity contribution in [2.24, 2.45) is 0 Å². The Morgan fingerprint density at radius 3 is 2.70 bits per heavy atom. The number of thiophene rings is 2. The topological polar surface area (TPSA) is 12.0 Å². The quantitative estimate of drug-likeness (QED) is 0.669. The van der Waals surface area contributed by atoms with E-state index in [1.54, 1.807) is 0 Å². The molecule has 0 saturated carbocycles. The first kappa shape index (κ1) is 13.8. The van der Waals surface area contributed by atoms with Crippen LogP contribution in [0.2, 0.25) is 0 Å². The Bertz CT molecular complexity index is 696. The van der Waals surface area contributed by atoms with Crippen LogP contribution in [0.5, 0.6) is 0 Å². The van der Waals surface area contributed by atoms with Gasteiger partial charge in [-0.25, -0.2) is 0 Å². The van der Waals surface area contributed by atoms with Gasteiger partial charge in [-0.2, -0.15) is 0 Å². The average molecular weight is 301 g/mol. The van der Waals surface area contributed by atoms with Crippen LogP contribution in [0.4, 0.5) is 0 Å². The van der Waals surface area contributed by atoms with Crippen molar-refractivity contribution in [3.63, 3.8) is 0 Å². The van der Waals surface area contributed by atoms with Crippen LogP contribution < -0.4 is 5.32 Å². The molecule has 0 spiro atoms. The average Bonchev–Trinajstić information content (AvgIpc) is 3.09. The van der Waals surface area contributed by atoms with Gasteiger partial charge in [-0.3, -0.25) is 0 Å². The summed E-state index contributed by atoms with van der Waals surface area (Å²) in [4.78, 5) is 1.44. The van der Waals surface area contributed by atoms with E-state index < -0.39 is 0 Å². The zero-order valence-corrected chi connectivity index (χ0v) is 13.5. The molecule has 0 saturated heterocycles. The summed E-state index contributed by atoms with van der Waals surface area (Å²) >= 11 is 3.70. The van der Waals surface area contributed by atoms with Gasteiger partial charge in [0.1, 0.15) is 0 Å². The molecule has 2 aromatic heterocycles. The molecule has 0 aliphatic heterocycles. The molecular weight excluding hydrogens is 282 g/mol. The molecule has 2 heterocycles. The summed E-state index contributed by atoms with van der Waals surface area (Å²) in [5.41, 5.74) is 2.80. The number of fused-ring (bicyclic) bond motifs is 1. The van der Waals surface area contributed by atoms with Gasteiger partial charge in [0.25, 0.3) is 0 Å². The van der Waals surface area contributed by atoms with Gasteiger partial charge in [0.2, 0.25) is 0 Å². The zero-order valence-electron chi connectivity index (χ0n) is 11.8. The number of benzene rings is 1. The lowest BCUT2D eigenvalue weighted by Crippen LogP contribution is -2.23.